The summed E-state index contributed by atoms with van der Waals surface area (Å²) in [6, 6.07) is 6.73. The summed E-state index contributed by atoms with van der Waals surface area (Å²) in [7, 11) is 0. The van der Waals surface area contributed by atoms with Crippen molar-refractivity contribution in [3.8, 4) is 6.07 Å². The first-order chi connectivity index (χ1) is 12.2. The van der Waals surface area contributed by atoms with E-state index in [9.17, 15) is 14.8 Å². The Bertz CT molecular complexity index is 776. The molecule has 1 aromatic heterocycles. The first-order valence-electron chi connectivity index (χ1n) is 8.01. The van der Waals surface area contributed by atoms with Crippen LogP contribution < -0.4 is 10.6 Å². The van der Waals surface area contributed by atoms with Gasteiger partial charge in [0.15, 0.2) is 0 Å². The van der Waals surface area contributed by atoms with Crippen molar-refractivity contribution in [1.82, 2.24) is 20.6 Å². The lowest BCUT2D eigenvalue weighted by Crippen LogP contribution is -2.28. The zero-order chi connectivity index (χ0) is 17.6. The van der Waals surface area contributed by atoms with Gasteiger partial charge in [0.05, 0.1) is 17.5 Å². The van der Waals surface area contributed by atoms with Gasteiger partial charge in [-0.1, -0.05) is 6.07 Å². The Hall–Kier alpha value is -2.99. The normalized spacial score (nSPS) is 20.8. The van der Waals surface area contributed by atoms with Crippen molar-refractivity contribution >= 4 is 16.9 Å². The molecule has 0 aliphatic heterocycles. The number of tetrazole rings is 1. The van der Waals surface area contributed by atoms with Crippen LogP contribution in [0, 0.1) is 17.1 Å². The molecular weight excluding hydrogens is 325 g/mol. The van der Waals surface area contributed by atoms with Gasteiger partial charge < -0.3 is 15.7 Å². The highest BCUT2D eigenvalue weighted by molar-refractivity contribution is 5.77. The number of aromatic nitrogens is 4. The molecule has 0 amide bonds. The Morgan fingerprint density at radius 3 is 2.84 bits per heavy atom. The predicted octanol–water partition coefficient (Wildman–Crippen LogP) is 2.03. The number of para-hydroxylation sites is 1. The van der Waals surface area contributed by atoms with Crippen LogP contribution in [0.25, 0.3) is 5.57 Å². The van der Waals surface area contributed by atoms with Crippen LogP contribution in [-0.4, -0.2) is 37.9 Å². The number of hydrogen-bond acceptors (Lipinski definition) is 7. The molecule has 1 aliphatic rings. The molecule has 1 aliphatic carbocycles. The van der Waals surface area contributed by atoms with Gasteiger partial charge in [-0.05, 0) is 43.0 Å². The minimum absolute atomic E-state index is 0.0949. The van der Waals surface area contributed by atoms with Crippen LogP contribution in [-0.2, 0) is 0 Å². The van der Waals surface area contributed by atoms with E-state index in [0.717, 1.165) is 12.8 Å². The molecule has 4 N–H and O–H groups in total. The van der Waals surface area contributed by atoms with E-state index in [2.05, 4.69) is 31.3 Å². The highest BCUT2D eigenvalue weighted by Crippen LogP contribution is 2.29. The number of rotatable bonds is 5. The van der Waals surface area contributed by atoms with Crippen LogP contribution in [0.4, 0.5) is 15.8 Å². The third kappa shape index (κ3) is 4.10. The van der Waals surface area contributed by atoms with E-state index in [1.165, 1.54) is 12.3 Å². The van der Waals surface area contributed by atoms with Crippen LogP contribution in [0.15, 0.2) is 24.4 Å². The molecule has 1 fully saturated rings. The molecule has 2 aromatic rings. The van der Waals surface area contributed by atoms with Gasteiger partial charge in [0.25, 0.3) is 0 Å². The molecule has 8 nitrogen and oxygen atoms in total. The number of nitriles is 1. The van der Waals surface area contributed by atoms with E-state index < -0.39 is 0 Å². The van der Waals surface area contributed by atoms with Gasteiger partial charge in [-0.2, -0.15) is 10.5 Å². The number of aliphatic hydroxyl groups is 1. The summed E-state index contributed by atoms with van der Waals surface area (Å²) >= 11 is 0. The molecule has 3 rings (SSSR count). The molecule has 1 saturated carbocycles. The Balaban J connectivity index is 1.78. The number of benzene rings is 1. The Labute approximate surface area is 143 Å². The lowest BCUT2D eigenvalue weighted by molar-refractivity contribution is 0.126. The predicted molar refractivity (Wildman–Crippen MR) is 89.7 cm³/mol. The molecule has 0 bridgehead atoms. The van der Waals surface area contributed by atoms with E-state index in [0.29, 0.717) is 24.2 Å². The third-order valence-corrected chi connectivity index (χ3v) is 4.14. The van der Waals surface area contributed by atoms with E-state index in [1.54, 1.807) is 12.1 Å². The van der Waals surface area contributed by atoms with Crippen LogP contribution in [0.1, 0.15) is 31.5 Å². The first-order valence-corrected chi connectivity index (χ1v) is 8.01. The fourth-order valence-corrected chi connectivity index (χ4v) is 2.79. The van der Waals surface area contributed by atoms with Gasteiger partial charge in [-0.25, -0.2) is 4.39 Å². The molecule has 9 heteroatoms. The zero-order valence-electron chi connectivity index (χ0n) is 13.4. The number of aromatic amines is 1. The molecule has 130 valence electrons. The largest absolute Gasteiger partial charge is 0.393 e. The van der Waals surface area contributed by atoms with E-state index in [4.69, 9.17) is 0 Å². The smallest absolute Gasteiger partial charge is 0.216 e. The van der Waals surface area contributed by atoms with Gasteiger partial charge in [0, 0.05) is 12.2 Å². The van der Waals surface area contributed by atoms with Crippen LogP contribution in [0.3, 0.4) is 0 Å². The summed E-state index contributed by atoms with van der Waals surface area (Å²) < 4.78 is 14.3. The molecule has 0 atom stereocenters. The maximum Gasteiger partial charge on any atom is 0.216 e. The lowest BCUT2D eigenvalue weighted by atomic mass is 9.93. The molecular formula is C16H18FN7O. The van der Waals surface area contributed by atoms with E-state index in [1.807, 2.05) is 6.07 Å². The maximum absolute atomic E-state index is 14.3. The van der Waals surface area contributed by atoms with Crippen molar-refractivity contribution < 1.29 is 9.50 Å². The number of anilines is 2. The van der Waals surface area contributed by atoms with Crippen LogP contribution >= 0.6 is 0 Å². The van der Waals surface area contributed by atoms with Gasteiger partial charge in [-0.15, -0.1) is 10.2 Å². The van der Waals surface area contributed by atoms with Crippen molar-refractivity contribution in [3.63, 3.8) is 0 Å². The maximum atomic E-state index is 14.3. The van der Waals surface area contributed by atoms with Crippen LogP contribution in [0.5, 0.6) is 0 Å². The molecule has 0 unspecified atom stereocenters. The SMILES string of the molecule is N#CC(=CNc1cccc(F)c1NC1CCC(O)CC1)c1nn[nH]n1. The average Bonchev–Trinajstić information content (AvgIpc) is 3.14. The molecule has 25 heavy (non-hydrogen) atoms. The van der Waals surface area contributed by atoms with E-state index >= 15 is 0 Å². The topological polar surface area (TPSA) is 123 Å². The molecule has 0 radical (unpaired) electrons. The summed E-state index contributed by atoms with van der Waals surface area (Å²) in [5.41, 5.74) is 1.01. The third-order valence-electron chi connectivity index (χ3n) is 4.14. The molecule has 1 heterocycles. The number of hydrogen-bond donors (Lipinski definition) is 4. The second-order valence-electron chi connectivity index (χ2n) is 5.86. The van der Waals surface area contributed by atoms with Gasteiger partial charge in [0.1, 0.15) is 17.5 Å². The highest BCUT2D eigenvalue weighted by Gasteiger charge is 2.21. The Morgan fingerprint density at radius 1 is 1.36 bits per heavy atom. The summed E-state index contributed by atoms with van der Waals surface area (Å²) in [5.74, 6) is -0.232. The minimum atomic E-state index is -0.386. The van der Waals surface area contributed by atoms with Gasteiger partial charge in [0.2, 0.25) is 5.82 Å². The summed E-state index contributed by atoms with van der Waals surface area (Å²) in [5, 5.41) is 38.1. The number of H-pyrrole nitrogens is 1. The Morgan fingerprint density at radius 2 is 2.16 bits per heavy atom. The number of halogens is 1. The number of aliphatic hydroxyl groups excluding tert-OH is 1. The summed E-state index contributed by atoms with van der Waals surface area (Å²) in [6.45, 7) is 0. The number of nitrogens with one attached hydrogen (secondary N) is 3. The second-order valence-corrected chi connectivity index (χ2v) is 5.86. The van der Waals surface area contributed by atoms with E-state index in [-0.39, 0.29) is 29.4 Å². The minimum Gasteiger partial charge on any atom is -0.393 e. The summed E-state index contributed by atoms with van der Waals surface area (Å²) in [6.07, 6.45) is 4.09. The molecule has 0 saturated heterocycles. The second kappa shape index (κ2) is 7.72. The quantitative estimate of drug-likeness (QED) is 0.613. The van der Waals surface area contributed by atoms with Crippen LogP contribution in [0.2, 0.25) is 0 Å². The first kappa shape index (κ1) is 16.9. The van der Waals surface area contributed by atoms with Crippen molar-refractivity contribution in [2.45, 2.75) is 37.8 Å². The van der Waals surface area contributed by atoms with Crippen molar-refractivity contribution in [2.75, 3.05) is 10.6 Å². The highest BCUT2D eigenvalue weighted by atomic mass is 19.1. The fourth-order valence-electron chi connectivity index (χ4n) is 2.79. The van der Waals surface area contributed by atoms with Crippen molar-refractivity contribution in [2.24, 2.45) is 0 Å². The van der Waals surface area contributed by atoms with Gasteiger partial charge >= 0.3 is 0 Å². The van der Waals surface area contributed by atoms with Crippen molar-refractivity contribution in [1.29, 1.82) is 5.26 Å². The average molecular weight is 343 g/mol. The number of nitrogens with zero attached hydrogens (tertiary/aromatic N) is 4. The van der Waals surface area contributed by atoms with Gasteiger partial charge in [-0.3, -0.25) is 0 Å². The lowest BCUT2D eigenvalue weighted by Gasteiger charge is -2.28. The zero-order valence-corrected chi connectivity index (χ0v) is 13.4. The molecule has 1 aromatic carbocycles. The summed E-state index contributed by atoms with van der Waals surface area (Å²) in [4.78, 5) is 0. The van der Waals surface area contributed by atoms with Crippen molar-refractivity contribution in [3.05, 3.63) is 36.0 Å². The Kier molecular flexibility index (Phi) is 5.20. The standard InChI is InChI=1S/C16H18FN7O/c17-13-2-1-3-14(15(13)20-11-4-6-12(25)7-5-11)19-9-10(8-18)16-21-23-24-22-16/h1-3,9,11-12,19-20,25H,4-7H2,(H,21,22,23,24). The number of allylic oxidation sites excluding steroid dienone is 1. The monoisotopic (exact) mass is 343 g/mol. The molecule has 0 spiro atoms. The fraction of sp³-hybridized carbons (Fsp3) is 0.375.